The first-order chi connectivity index (χ1) is 10.2. The molecule has 1 aliphatic rings. The molecule has 4 nitrogen and oxygen atoms in total. The maximum absolute atomic E-state index is 12.6. The molecule has 1 aromatic carbocycles. The number of rotatable bonds is 4. The molecule has 0 aliphatic heterocycles. The van der Waals surface area contributed by atoms with Crippen LogP contribution in [0.25, 0.3) is 10.2 Å². The zero-order valence-corrected chi connectivity index (χ0v) is 13.1. The summed E-state index contributed by atoms with van der Waals surface area (Å²) in [5.41, 5.74) is 6.80. The molecule has 0 spiro atoms. The number of carbonyl (C=O) groups excluding carboxylic acids is 1. The molecule has 1 aliphatic carbocycles. The number of thiazole rings is 1. The SMILES string of the molecule is CN(Cc1nc2ccccc2s1)C(=O)C1CCCC1CN. The van der Waals surface area contributed by atoms with Gasteiger partial charge in [0, 0.05) is 13.0 Å². The van der Waals surface area contributed by atoms with Crippen molar-refractivity contribution in [1.29, 1.82) is 0 Å². The van der Waals surface area contributed by atoms with E-state index in [1.807, 2.05) is 30.1 Å². The highest BCUT2D eigenvalue weighted by Crippen LogP contribution is 2.32. The lowest BCUT2D eigenvalue weighted by Crippen LogP contribution is -2.36. The number of hydrogen-bond acceptors (Lipinski definition) is 4. The van der Waals surface area contributed by atoms with Gasteiger partial charge in [-0.15, -0.1) is 11.3 Å². The van der Waals surface area contributed by atoms with Crippen LogP contribution in [0.3, 0.4) is 0 Å². The summed E-state index contributed by atoms with van der Waals surface area (Å²) in [6, 6.07) is 8.09. The van der Waals surface area contributed by atoms with Crippen LogP contribution < -0.4 is 5.73 Å². The van der Waals surface area contributed by atoms with Gasteiger partial charge in [-0.2, -0.15) is 0 Å². The van der Waals surface area contributed by atoms with Gasteiger partial charge >= 0.3 is 0 Å². The van der Waals surface area contributed by atoms with Gasteiger partial charge in [-0.3, -0.25) is 4.79 Å². The van der Waals surface area contributed by atoms with E-state index in [-0.39, 0.29) is 11.8 Å². The van der Waals surface area contributed by atoms with E-state index in [1.54, 1.807) is 11.3 Å². The van der Waals surface area contributed by atoms with E-state index in [2.05, 4.69) is 11.1 Å². The number of carbonyl (C=O) groups is 1. The summed E-state index contributed by atoms with van der Waals surface area (Å²) in [5.74, 6) is 0.687. The summed E-state index contributed by atoms with van der Waals surface area (Å²) in [6.45, 7) is 1.21. The summed E-state index contributed by atoms with van der Waals surface area (Å²) in [6.07, 6.45) is 3.18. The van der Waals surface area contributed by atoms with E-state index >= 15 is 0 Å². The summed E-state index contributed by atoms with van der Waals surface area (Å²) in [7, 11) is 1.88. The topological polar surface area (TPSA) is 59.2 Å². The fourth-order valence-corrected chi connectivity index (χ4v) is 4.22. The number of nitrogens with two attached hydrogens (primary N) is 1. The highest BCUT2D eigenvalue weighted by molar-refractivity contribution is 7.18. The van der Waals surface area contributed by atoms with Gasteiger partial charge in [0.2, 0.25) is 5.91 Å². The number of fused-ring (bicyclic) bond motifs is 1. The molecule has 1 heterocycles. The van der Waals surface area contributed by atoms with Gasteiger partial charge in [-0.1, -0.05) is 18.6 Å². The molecular weight excluding hydrogens is 282 g/mol. The lowest BCUT2D eigenvalue weighted by atomic mass is 9.95. The Balaban J connectivity index is 1.70. The summed E-state index contributed by atoms with van der Waals surface area (Å²) >= 11 is 1.66. The van der Waals surface area contributed by atoms with Gasteiger partial charge in [0.15, 0.2) is 0 Å². The first kappa shape index (κ1) is 14.5. The molecule has 1 amide bonds. The second-order valence-electron chi connectivity index (χ2n) is 5.80. The number of benzene rings is 1. The average Bonchev–Trinajstić information content (AvgIpc) is 3.11. The standard InChI is InChI=1S/C16H21N3OS/c1-19(16(20)12-6-4-5-11(12)9-17)10-15-18-13-7-2-3-8-14(13)21-15/h2-3,7-8,11-12H,4-6,9-10,17H2,1H3. The first-order valence-corrected chi connectivity index (χ1v) is 8.30. The van der Waals surface area contributed by atoms with Gasteiger partial charge in [0.05, 0.1) is 16.8 Å². The average molecular weight is 303 g/mol. The molecule has 1 aromatic heterocycles. The van der Waals surface area contributed by atoms with Crippen LogP contribution in [0, 0.1) is 11.8 Å². The Bertz CT molecular complexity index is 606. The lowest BCUT2D eigenvalue weighted by molar-refractivity contribution is -0.135. The van der Waals surface area contributed by atoms with Crippen LogP contribution in [0.4, 0.5) is 0 Å². The Hall–Kier alpha value is -1.46. The Morgan fingerprint density at radius 2 is 2.24 bits per heavy atom. The Labute approximate surface area is 129 Å². The van der Waals surface area contributed by atoms with E-state index in [4.69, 9.17) is 5.73 Å². The smallest absolute Gasteiger partial charge is 0.226 e. The number of amides is 1. The summed E-state index contributed by atoms with van der Waals surface area (Å²) < 4.78 is 1.18. The fourth-order valence-electron chi connectivity index (χ4n) is 3.20. The minimum atomic E-state index is 0.106. The van der Waals surface area contributed by atoms with Crippen molar-refractivity contribution in [2.24, 2.45) is 17.6 Å². The summed E-state index contributed by atoms with van der Waals surface area (Å²) in [5, 5.41) is 0.995. The maximum Gasteiger partial charge on any atom is 0.226 e. The van der Waals surface area contributed by atoms with E-state index in [0.717, 1.165) is 29.8 Å². The van der Waals surface area contributed by atoms with Crippen molar-refractivity contribution < 1.29 is 4.79 Å². The molecular formula is C16H21N3OS. The van der Waals surface area contributed by atoms with Crippen LogP contribution in [-0.2, 0) is 11.3 Å². The van der Waals surface area contributed by atoms with Crippen molar-refractivity contribution in [3.05, 3.63) is 29.3 Å². The monoisotopic (exact) mass is 303 g/mol. The molecule has 2 N–H and O–H groups in total. The number of hydrogen-bond donors (Lipinski definition) is 1. The van der Waals surface area contributed by atoms with E-state index in [1.165, 1.54) is 4.70 Å². The molecule has 1 fully saturated rings. The third-order valence-corrected chi connectivity index (χ3v) is 5.39. The predicted octanol–water partition coefficient (Wildman–Crippen LogP) is 2.63. The molecule has 1 saturated carbocycles. The van der Waals surface area contributed by atoms with Gasteiger partial charge in [-0.05, 0) is 37.4 Å². The summed E-state index contributed by atoms with van der Waals surface area (Å²) in [4.78, 5) is 19.0. The molecule has 2 atom stereocenters. The van der Waals surface area contributed by atoms with Crippen LogP contribution in [0.15, 0.2) is 24.3 Å². The van der Waals surface area contributed by atoms with Crippen molar-refractivity contribution in [1.82, 2.24) is 9.88 Å². The molecule has 2 unspecified atom stereocenters. The van der Waals surface area contributed by atoms with E-state index in [0.29, 0.717) is 19.0 Å². The van der Waals surface area contributed by atoms with E-state index in [9.17, 15) is 4.79 Å². The van der Waals surface area contributed by atoms with E-state index < -0.39 is 0 Å². The molecule has 21 heavy (non-hydrogen) atoms. The molecule has 0 bridgehead atoms. The predicted molar refractivity (Wildman–Crippen MR) is 86.0 cm³/mol. The molecule has 0 radical (unpaired) electrons. The Kier molecular flexibility index (Phi) is 4.22. The Morgan fingerprint density at radius 1 is 1.43 bits per heavy atom. The Morgan fingerprint density at radius 3 is 3.00 bits per heavy atom. The third-order valence-electron chi connectivity index (χ3n) is 4.37. The molecule has 2 aromatic rings. The normalized spacial score (nSPS) is 21.8. The molecule has 0 saturated heterocycles. The number of aromatic nitrogens is 1. The second-order valence-corrected chi connectivity index (χ2v) is 6.92. The van der Waals surface area contributed by atoms with Gasteiger partial charge in [-0.25, -0.2) is 4.98 Å². The fraction of sp³-hybridized carbons (Fsp3) is 0.500. The highest BCUT2D eigenvalue weighted by atomic mass is 32.1. The third kappa shape index (κ3) is 2.94. The quantitative estimate of drug-likeness (QED) is 0.944. The van der Waals surface area contributed by atoms with Crippen molar-refractivity contribution in [2.75, 3.05) is 13.6 Å². The highest BCUT2D eigenvalue weighted by Gasteiger charge is 2.33. The van der Waals surface area contributed by atoms with Crippen molar-refractivity contribution in [3.8, 4) is 0 Å². The largest absolute Gasteiger partial charge is 0.339 e. The van der Waals surface area contributed by atoms with Crippen LogP contribution in [0.1, 0.15) is 24.3 Å². The van der Waals surface area contributed by atoms with Crippen LogP contribution in [-0.4, -0.2) is 29.4 Å². The van der Waals surface area contributed by atoms with Crippen molar-refractivity contribution in [2.45, 2.75) is 25.8 Å². The maximum atomic E-state index is 12.6. The van der Waals surface area contributed by atoms with Crippen LogP contribution in [0.2, 0.25) is 0 Å². The minimum absolute atomic E-state index is 0.106. The zero-order valence-electron chi connectivity index (χ0n) is 12.3. The van der Waals surface area contributed by atoms with Crippen molar-refractivity contribution in [3.63, 3.8) is 0 Å². The number of nitrogens with zero attached hydrogens (tertiary/aromatic N) is 2. The molecule has 5 heteroatoms. The van der Waals surface area contributed by atoms with Crippen LogP contribution in [0.5, 0.6) is 0 Å². The lowest BCUT2D eigenvalue weighted by Gasteiger charge is -2.23. The molecule has 3 rings (SSSR count). The minimum Gasteiger partial charge on any atom is -0.339 e. The van der Waals surface area contributed by atoms with Gasteiger partial charge < -0.3 is 10.6 Å². The molecule has 112 valence electrons. The van der Waals surface area contributed by atoms with Gasteiger partial charge in [0.25, 0.3) is 0 Å². The van der Waals surface area contributed by atoms with Crippen LogP contribution >= 0.6 is 11.3 Å². The van der Waals surface area contributed by atoms with Crippen molar-refractivity contribution >= 4 is 27.5 Å². The number of para-hydroxylation sites is 1. The first-order valence-electron chi connectivity index (χ1n) is 7.48. The van der Waals surface area contributed by atoms with Gasteiger partial charge in [0.1, 0.15) is 5.01 Å². The second kappa shape index (κ2) is 6.12. The zero-order chi connectivity index (χ0) is 14.8.